The van der Waals surface area contributed by atoms with E-state index in [1.807, 2.05) is 0 Å². The van der Waals surface area contributed by atoms with E-state index in [0.717, 1.165) is 6.42 Å². The minimum absolute atomic E-state index is 0.00644. The third kappa shape index (κ3) is 8.07. The average Bonchev–Trinajstić information content (AvgIpc) is 3.28. The van der Waals surface area contributed by atoms with E-state index >= 15 is 0 Å². The monoisotopic (exact) mass is 464 g/mol. The van der Waals surface area contributed by atoms with Gasteiger partial charge in [0.1, 0.15) is 23.9 Å². The van der Waals surface area contributed by atoms with Crippen LogP contribution in [-0.2, 0) is 30.4 Å². The van der Waals surface area contributed by atoms with E-state index in [4.69, 9.17) is 5.11 Å². The first kappa shape index (κ1) is 25.6. The largest absolute Gasteiger partial charge is 0.508 e. The number of aromatic hydroxyl groups is 1. The van der Waals surface area contributed by atoms with Gasteiger partial charge in [-0.1, -0.05) is 12.1 Å². The minimum Gasteiger partial charge on any atom is -0.508 e. The predicted molar refractivity (Wildman–Crippen MR) is 114 cm³/mol. The van der Waals surface area contributed by atoms with E-state index in [0.29, 0.717) is 18.5 Å². The smallest absolute Gasteiger partial charge is 0.326 e. The zero-order chi connectivity index (χ0) is 24.5. The maximum atomic E-state index is 12.8. The average molecular weight is 464 g/mol. The van der Waals surface area contributed by atoms with Gasteiger partial charge in [-0.3, -0.25) is 19.2 Å². The molecule has 1 aliphatic rings. The summed E-state index contributed by atoms with van der Waals surface area (Å²) < 4.78 is 0. The van der Waals surface area contributed by atoms with Crippen molar-refractivity contribution in [1.29, 1.82) is 0 Å². The Morgan fingerprint density at radius 2 is 1.64 bits per heavy atom. The number of rotatable bonds is 11. The number of amides is 3. The number of carboxylic acid groups (broad SMARTS) is 2. The molecule has 2 rings (SSSR count). The van der Waals surface area contributed by atoms with Crippen LogP contribution in [0.5, 0.6) is 5.75 Å². The van der Waals surface area contributed by atoms with Crippen molar-refractivity contribution in [2.24, 2.45) is 0 Å². The van der Waals surface area contributed by atoms with Crippen LogP contribution in [0.4, 0.5) is 0 Å². The third-order valence-electron chi connectivity index (χ3n) is 5.13. The number of carbonyl (C=O) groups excluding carboxylic acids is 3. The molecule has 0 radical (unpaired) electrons. The van der Waals surface area contributed by atoms with Gasteiger partial charge in [-0.05, 0) is 44.0 Å². The number of hydrogen-bond donors (Lipinski definition) is 7. The van der Waals surface area contributed by atoms with Crippen LogP contribution < -0.4 is 21.3 Å². The Labute approximate surface area is 189 Å². The Kier molecular flexibility index (Phi) is 9.16. The molecule has 12 nitrogen and oxygen atoms in total. The molecule has 1 saturated heterocycles. The van der Waals surface area contributed by atoms with Crippen molar-refractivity contribution < 1.29 is 39.3 Å². The summed E-state index contributed by atoms with van der Waals surface area (Å²) in [5.74, 6) is -4.88. The molecule has 0 aromatic heterocycles. The number of carbonyl (C=O) groups is 5. The lowest BCUT2D eigenvalue weighted by Gasteiger charge is -2.23. The van der Waals surface area contributed by atoms with Crippen molar-refractivity contribution in [3.8, 4) is 5.75 Å². The number of benzene rings is 1. The molecule has 1 heterocycles. The Balaban J connectivity index is 2.11. The number of hydrogen-bond acceptors (Lipinski definition) is 7. The highest BCUT2D eigenvalue weighted by Gasteiger charge is 2.30. The topological polar surface area (TPSA) is 194 Å². The van der Waals surface area contributed by atoms with Crippen LogP contribution in [0.2, 0.25) is 0 Å². The zero-order valence-electron chi connectivity index (χ0n) is 18.0. The second-order valence-corrected chi connectivity index (χ2v) is 7.81. The maximum Gasteiger partial charge on any atom is 0.326 e. The minimum atomic E-state index is -1.69. The van der Waals surface area contributed by atoms with Crippen LogP contribution in [0.3, 0.4) is 0 Å². The molecular formula is C21H28N4O8. The van der Waals surface area contributed by atoms with Crippen molar-refractivity contribution >= 4 is 29.7 Å². The summed E-state index contributed by atoms with van der Waals surface area (Å²) in [5, 5.41) is 37.7. The van der Waals surface area contributed by atoms with Crippen LogP contribution in [-0.4, -0.2) is 75.7 Å². The standard InChI is InChI=1S/C21H28N4O8/c1-11(23-19(30)14-3-2-8-22-14)18(29)24-15(9-12-4-6-13(26)7-5-12)20(31)25-16(21(32)33)10-17(27)28/h4-7,11,14-16,22,26H,2-3,8-10H2,1H3,(H,23,30)(H,24,29)(H,25,31)(H,27,28)(H,32,33). The molecule has 1 aromatic rings. The summed E-state index contributed by atoms with van der Waals surface area (Å²) in [6, 6.07) is 1.46. The molecule has 1 aliphatic heterocycles. The van der Waals surface area contributed by atoms with Gasteiger partial charge in [0.25, 0.3) is 0 Å². The molecule has 180 valence electrons. The molecule has 7 N–H and O–H groups in total. The highest BCUT2D eigenvalue weighted by Crippen LogP contribution is 2.12. The second kappa shape index (κ2) is 11.8. The van der Waals surface area contributed by atoms with E-state index in [9.17, 15) is 34.2 Å². The van der Waals surface area contributed by atoms with Gasteiger partial charge in [0.2, 0.25) is 17.7 Å². The molecule has 12 heteroatoms. The van der Waals surface area contributed by atoms with Crippen molar-refractivity contribution in [1.82, 2.24) is 21.3 Å². The number of phenolic OH excluding ortho intramolecular Hbond substituents is 1. The van der Waals surface area contributed by atoms with E-state index in [1.165, 1.54) is 31.2 Å². The van der Waals surface area contributed by atoms with Gasteiger partial charge in [0, 0.05) is 6.42 Å². The van der Waals surface area contributed by atoms with Crippen LogP contribution in [0.1, 0.15) is 31.7 Å². The summed E-state index contributed by atoms with van der Waals surface area (Å²) in [5.41, 5.74) is 0.546. The third-order valence-corrected chi connectivity index (χ3v) is 5.13. The fourth-order valence-corrected chi connectivity index (χ4v) is 3.31. The summed E-state index contributed by atoms with van der Waals surface area (Å²) in [6.45, 7) is 2.15. The lowest BCUT2D eigenvalue weighted by Crippen LogP contribution is -2.57. The van der Waals surface area contributed by atoms with Crippen LogP contribution >= 0.6 is 0 Å². The molecule has 0 saturated carbocycles. The summed E-state index contributed by atoms with van der Waals surface area (Å²) in [4.78, 5) is 59.9. The molecule has 0 aliphatic carbocycles. The van der Waals surface area contributed by atoms with Crippen LogP contribution in [0, 0.1) is 0 Å². The molecule has 1 fully saturated rings. The molecule has 3 amide bonds. The molecule has 4 unspecified atom stereocenters. The van der Waals surface area contributed by atoms with Crippen molar-refractivity contribution in [2.45, 2.75) is 56.8 Å². The van der Waals surface area contributed by atoms with Gasteiger partial charge in [0.15, 0.2) is 0 Å². The fraction of sp³-hybridized carbons (Fsp3) is 0.476. The molecule has 1 aromatic carbocycles. The molecule has 0 bridgehead atoms. The summed E-state index contributed by atoms with van der Waals surface area (Å²) in [6.07, 6.45) is 0.574. The number of aliphatic carboxylic acids is 2. The first-order valence-corrected chi connectivity index (χ1v) is 10.4. The number of nitrogens with one attached hydrogen (secondary N) is 4. The van der Waals surface area contributed by atoms with Gasteiger partial charge in [-0.2, -0.15) is 0 Å². The van der Waals surface area contributed by atoms with E-state index in [-0.39, 0.29) is 18.1 Å². The summed E-state index contributed by atoms with van der Waals surface area (Å²) >= 11 is 0. The fourth-order valence-electron chi connectivity index (χ4n) is 3.31. The Hall–Kier alpha value is -3.67. The predicted octanol–water partition coefficient (Wildman–Crippen LogP) is -1.28. The molecule has 4 atom stereocenters. The highest BCUT2D eigenvalue weighted by molar-refractivity contribution is 5.94. The van der Waals surface area contributed by atoms with Crippen molar-refractivity contribution in [3.63, 3.8) is 0 Å². The highest BCUT2D eigenvalue weighted by atomic mass is 16.4. The van der Waals surface area contributed by atoms with Gasteiger partial charge in [-0.15, -0.1) is 0 Å². The van der Waals surface area contributed by atoms with E-state index < -0.39 is 54.3 Å². The zero-order valence-corrected chi connectivity index (χ0v) is 18.0. The van der Waals surface area contributed by atoms with Crippen molar-refractivity contribution in [2.75, 3.05) is 6.54 Å². The van der Waals surface area contributed by atoms with Gasteiger partial charge < -0.3 is 36.6 Å². The second-order valence-electron chi connectivity index (χ2n) is 7.81. The first-order valence-electron chi connectivity index (χ1n) is 10.4. The van der Waals surface area contributed by atoms with Gasteiger partial charge >= 0.3 is 11.9 Å². The van der Waals surface area contributed by atoms with Crippen molar-refractivity contribution in [3.05, 3.63) is 29.8 Å². The number of phenols is 1. The first-order chi connectivity index (χ1) is 15.6. The Morgan fingerprint density at radius 3 is 2.18 bits per heavy atom. The Morgan fingerprint density at radius 1 is 1.00 bits per heavy atom. The van der Waals surface area contributed by atoms with Gasteiger partial charge in [0.05, 0.1) is 12.5 Å². The maximum absolute atomic E-state index is 12.8. The molecule has 33 heavy (non-hydrogen) atoms. The Bertz CT molecular complexity index is 883. The quantitative estimate of drug-likeness (QED) is 0.209. The number of carboxylic acids is 2. The van der Waals surface area contributed by atoms with E-state index in [1.54, 1.807) is 0 Å². The molecule has 0 spiro atoms. The molecular weight excluding hydrogens is 436 g/mol. The lowest BCUT2D eigenvalue weighted by molar-refractivity contribution is -0.147. The van der Waals surface area contributed by atoms with Crippen LogP contribution in [0.15, 0.2) is 24.3 Å². The lowest BCUT2D eigenvalue weighted by atomic mass is 10.0. The van der Waals surface area contributed by atoms with E-state index in [2.05, 4.69) is 21.3 Å². The SMILES string of the molecule is CC(NC(=O)C1CCCN1)C(=O)NC(Cc1ccc(O)cc1)C(=O)NC(CC(=O)O)C(=O)O. The van der Waals surface area contributed by atoms with Gasteiger partial charge in [-0.25, -0.2) is 4.79 Å². The van der Waals surface area contributed by atoms with Crippen LogP contribution in [0.25, 0.3) is 0 Å². The summed E-state index contributed by atoms with van der Waals surface area (Å²) in [7, 11) is 0. The normalized spacial score (nSPS) is 17.9.